The van der Waals surface area contributed by atoms with E-state index in [1.807, 2.05) is 43.4 Å². The molecule has 0 saturated heterocycles. The predicted octanol–water partition coefficient (Wildman–Crippen LogP) is 2.25. The summed E-state index contributed by atoms with van der Waals surface area (Å²) >= 11 is 1.64. The Morgan fingerprint density at radius 3 is 2.69 bits per heavy atom. The molecule has 0 bridgehead atoms. The zero-order valence-corrected chi connectivity index (χ0v) is 9.89. The highest BCUT2D eigenvalue weighted by atomic mass is 32.2. The van der Waals surface area contributed by atoms with E-state index in [1.165, 1.54) is 4.90 Å². The number of hydrogen-bond acceptors (Lipinski definition) is 3. The molecular formula is C12H14N2OS. The Kier molecular flexibility index (Phi) is 3.64. The molecule has 2 rings (SSSR count). The van der Waals surface area contributed by atoms with Crippen LogP contribution >= 0.6 is 11.8 Å². The van der Waals surface area contributed by atoms with Crippen LogP contribution in [0.1, 0.15) is 11.8 Å². The minimum absolute atomic E-state index is 0.474. The van der Waals surface area contributed by atoms with E-state index in [2.05, 4.69) is 5.10 Å². The number of aliphatic hydroxyl groups excluding tert-OH is 1. The highest BCUT2D eigenvalue weighted by Crippen LogP contribution is 2.23. The van der Waals surface area contributed by atoms with Gasteiger partial charge >= 0.3 is 0 Å². The second-order valence-corrected chi connectivity index (χ2v) is 4.61. The van der Waals surface area contributed by atoms with Crippen molar-refractivity contribution in [3.63, 3.8) is 0 Å². The zero-order valence-electron chi connectivity index (χ0n) is 9.08. The van der Waals surface area contributed by atoms with Crippen molar-refractivity contribution in [3.8, 4) is 0 Å². The lowest BCUT2D eigenvalue weighted by Crippen LogP contribution is -2.07. The molecule has 0 saturated carbocycles. The molecule has 1 aromatic carbocycles. The third-order valence-electron chi connectivity index (χ3n) is 2.35. The summed E-state index contributed by atoms with van der Waals surface area (Å²) in [5.41, 5.74) is 0.850. The number of benzene rings is 1. The summed E-state index contributed by atoms with van der Waals surface area (Å²) in [6.45, 7) is 0. The molecule has 0 fully saturated rings. The molecule has 16 heavy (non-hydrogen) atoms. The van der Waals surface area contributed by atoms with Crippen LogP contribution in [0.25, 0.3) is 0 Å². The topological polar surface area (TPSA) is 38.0 Å². The summed E-state index contributed by atoms with van der Waals surface area (Å²) < 4.78 is 1.70. The molecule has 0 aliphatic heterocycles. The maximum Gasteiger partial charge on any atom is 0.105 e. The van der Waals surface area contributed by atoms with Gasteiger partial charge in [0.1, 0.15) is 6.10 Å². The Bertz CT molecular complexity index is 441. The molecule has 1 aromatic heterocycles. The number of aromatic nitrogens is 2. The van der Waals surface area contributed by atoms with Crippen molar-refractivity contribution in [2.75, 3.05) is 5.75 Å². The SMILES string of the molecule is Cn1nccc1C(O)CSc1ccccc1. The molecule has 0 radical (unpaired) electrons. The highest BCUT2D eigenvalue weighted by Gasteiger charge is 2.11. The summed E-state index contributed by atoms with van der Waals surface area (Å²) in [5, 5.41) is 14.0. The summed E-state index contributed by atoms with van der Waals surface area (Å²) in [5.74, 6) is 0.642. The summed E-state index contributed by atoms with van der Waals surface area (Å²) in [6.07, 6.45) is 1.23. The van der Waals surface area contributed by atoms with Crippen LogP contribution < -0.4 is 0 Å². The van der Waals surface area contributed by atoms with E-state index in [-0.39, 0.29) is 0 Å². The van der Waals surface area contributed by atoms with Crippen LogP contribution in [0, 0.1) is 0 Å². The fourth-order valence-corrected chi connectivity index (χ4v) is 2.36. The Morgan fingerprint density at radius 2 is 2.06 bits per heavy atom. The van der Waals surface area contributed by atoms with Gasteiger partial charge in [0.25, 0.3) is 0 Å². The fourth-order valence-electron chi connectivity index (χ4n) is 1.49. The monoisotopic (exact) mass is 234 g/mol. The Hall–Kier alpha value is -1.26. The molecule has 84 valence electrons. The van der Waals surface area contributed by atoms with Crippen molar-refractivity contribution >= 4 is 11.8 Å². The molecule has 0 amide bonds. The maximum atomic E-state index is 9.97. The van der Waals surface area contributed by atoms with Crippen LogP contribution in [0.4, 0.5) is 0 Å². The van der Waals surface area contributed by atoms with Gasteiger partial charge in [0, 0.05) is 23.9 Å². The summed E-state index contributed by atoms with van der Waals surface area (Å²) in [4.78, 5) is 1.17. The first-order valence-electron chi connectivity index (χ1n) is 5.11. The van der Waals surface area contributed by atoms with E-state index >= 15 is 0 Å². The molecule has 2 aromatic rings. The lowest BCUT2D eigenvalue weighted by molar-refractivity contribution is 0.193. The highest BCUT2D eigenvalue weighted by molar-refractivity contribution is 7.99. The fraction of sp³-hybridized carbons (Fsp3) is 0.250. The van der Waals surface area contributed by atoms with Crippen molar-refractivity contribution in [2.24, 2.45) is 7.05 Å². The summed E-state index contributed by atoms with van der Waals surface area (Å²) in [6, 6.07) is 11.9. The normalized spacial score (nSPS) is 12.6. The smallest absolute Gasteiger partial charge is 0.105 e. The van der Waals surface area contributed by atoms with Gasteiger partial charge in [-0.05, 0) is 18.2 Å². The van der Waals surface area contributed by atoms with Gasteiger partial charge in [0.15, 0.2) is 0 Å². The molecule has 1 heterocycles. The van der Waals surface area contributed by atoms with Crippen LogP contribution in [0.3, 0.4) is 0 Å². The predicted molar refractivity (Wildman–Crippen MR) is 65.3 cm³/mol. The van der Waals surface area contributed by atoms with E-state index < -0.39 is 6.10 Å². The first kappa shape index (κ1) is 11.2. The van der Waals surface area contributed by atoms with E-state index in [1.54, 1.807) is 22.6 Å². The van der Waals surface area contributed by atoms with Gasteiger partial charge in [-0.1, -0.05) is 18.2 Å². The second kappa shape index (κ2) is 5.18. The molecule has 0 aliphatic carbocycles. The van der Waals surface area contributed by atoms with Crippen molar-refractivity contribution < 1.29 is 5.11 Å². The zero-order chi connectivity index (χ0) is 11.4. The molecule has 0 aliphatic rings. The molecule has 3 nitrogen and oxygen atoms in total. The van der Waals surface area contributed by atoms with Crippen molar-refractivity contribution in [3.05, 3.63) is 48.3 Å². The molecule has 1 N–H and O–H groups in total. The Balaban J connectivity index is 1.94. The van der Waals surface area contributed by atoms with Crippen LogP contribution in [-0.4, -0.2) is 20.6 Å². The summed E-state index contributed by atoms with van der Waals surface area (Å²) in [7, 11) is 1.84. The third kappa shape index (κ3) is 2.65. The second-order valence-electron chi connectivity index (χ2n) is 3.52. The van der Waals surface area contributed by atoms with Crippen molar-refractivity contribution in [2.45, 2.75) is 11.0 Å². The molecule has 4 heteroatoms. The molecule has 1 atom stereocenters. The first-order chi connectivity index (χ1) is 7.77. The van der Waals surface area contributed by atoms with Gasteiger partial charge in [-0.3, -0.25) is 4.68 Å². The minimum atomic E-state index is -0.474. The van der Waals surface area contributed by atoms with Gasteiger partial charge in [-0.25, -0.2) is 0 Å². The first-order valence-corrected chi connectivity index (χ1v) is 6.10. The van der Waals surface area contributed by atoms with E-state index in [0.717, 1.165) is 5.69 Å². The number of aryl methyl sites for hydroxylation is 1. The lowest BCUT2D eigenvalue weighted by Gasteiger charge is -2.10. The third-order valence-corrected chi connectivity index (χ3v) is 3.44. The van der Waals surface area contributed by atoms with Crippen molar-refractivity contribution in [1.82, 2.24) is 9.78 Å². The van der Waals surface area contributed by atoms with Gasteiger partial charge < -0.3 is 5.11 Å². The lowest BCUT2D eigenvalue weighted by atomic mass is 10.3. The van der Waals surface area contributed by atoms with Crippen LogP contribution in [-0.2, 0) is 7.05 Å². The van der Waals surface area contributed by atoms with E-state index in [0.29, 0.717) is 5.75 Å². The average Bonchev–Trinajstić information content (AvgIpc) is 2.74. The maximum absolute atomic E-state index is 9.97. The standard InChI is InChI=1S/C12H14N2OS/c1-14-11(7-8-13-14)12(15)9-16-10-5-3-2-4-6-10/h2-8,12,15H,9H2,1H3. The van der Waals surface area contributed by atoms with Crippen LogP contribution in [0.2, 0.25) is 0 Å². The average molecular weight is 234 g/mol. The van der Waals surface area contributed by atoms with Gasteiger partial charge in [-0.15, -0.1) is 11.8 Å². The quantitative estimate of drug-likeness (QED) is 0.824. The molecule has 0 spiro atoms. The van der Waals surface area contributed by atoms with E-state index in [4.69, 9.17) is 0 Å². The van der Waals surface area contributed by atoms with Gasteiger partial charge in [-0.2, -0.15) is 5.10 Å². The van der Waals surface area contributed by atoms with Crippen molar-refractivity contribution in [1.29, 1.82) is 0 Å². The molecular weight excluding hydrogens is 220 g/mol. The van der Waals surface area contributed by atoms with Crippen LogP contribution in [0.5, 0.6) is 0 Å². The number of nitrogens with zero attached hydrogens (tertiary/aromatic N) is 2. The minimum Gasteiger partial charge on any atom is -0.386 e. The number of thioether (sulfide) groups is 1. The largest absolute Gasteiger partial charge is 0.386 e. The number of aliphatic hydroxyl groups is 1. The van der Waals surface area contributed by atoms with Gasteiger partial charge in [0.2, 0.25) is 0 Å². The molecule has 1 unspecified atom stereocenters. The number of rotatable bonds is 4. The van der Waals surface area contributed by atoms with Crippen LogP contribution in [0.15, 0.2) is 47.5 Å². The van der Waals surface area contributed by atoms with E-state index in [9.17, 15) is 5.11 Å². The number of hydrogen-bond donors (Lipinski definition) is 1. The van der Waals surface area contributed by atoms with Gasteiger partial charge in [0.05, 0.1) is 5.69 Å². The Labute approximate surface area is 99.1 Å². The Morgan fingerprint density at radius 1 is 1.31 bits per heavy atom.